The number of carbonyl (C=O) groups is 2. The van der Waals surface area contributed by atoms with Gasteiger partial charge in [-0.2, -0.15) is 5.26 Å². The standard InChI is InChI=1S/C24H26F2N4O4/c1-23(2,3)34-22(32)29-19(21(31)30-12-10-24(25,26)15-30)13-16-6-8-18(9-7-16)33-20-17(14-27)5-4-11-28-20/h4-9,11,19H,10,12-13,15H2,1-3H3,(H,29,32)/t19-/m0/s1. The third-order valence-electron chi connectivity index (χ3n) is 4.94. The molecule has 2 heterocycles. The van der Waals surface area contributed by atoms with Crippen LogP contribution in [0.5, 0.6) is 11.6 Å². The molecule has 1 N–H and O–H groups in total. The van der Waals surface area contributed by atoms with Gasteiger partial charge in [0.15, 0.2) is 0 Å². The molecular weight excluding hydrogens is 446 g/mol. The Morgan fingerprint density at radius 1 is 1.26 bits per heavy atom. The number of nitrogens with one attached hydrogen (secondary N) is 1. The van der Waals surface area contributed by atoms with Gasteiger partial charge in [0.25, 0.3) is 5.92 Å². The van der Waals surface area contributed by atoms with Crippen LogP contribution >= 0.6 is 0 Å². The van der Waals surface area contributed by atoms with Crippen LogP contribution in [0.4, 0.5) is 13.6 Å². The molecule has 2 aromatic rings. The number of rotatable bonds is 6. The Morgan fingerprint density at radius 3 is 2.56 bits per heavy atom. The van der Waals surface area contributed by atoms with E-state index in [1.54, 1.807) is 57.2 Å². The maximum Gasteiger partial charge on any atom is 0.408 e. The molecule has 1 aliphatic rings. The van der Waals surface area contributed by atoms with Crippen molar-refractivity contribution in [3.05, 3.63) is 53.7 Å². The molecule has 1 saturated heterocycles. The number of amides is 2. The molecule has 2 amide bonds. The van der Waals surface area contributed by atoms with Gasteiger partial charge < -0.3 is 19.7 Å². The van der Waals surface area contributed by atoms with Crippen LogP contribution < -0.4 is 10.1 Å². The van der Waals surface area contributed by atoms with Crippen molar-refractivity contribution >= 4 is 12.0 Å². The SMILES string of the molecule is CC(C)(C)OC(=O)N[C@@H](Cc1ccc(Oc2ncccc2C#N)cc1)C(=O)N1CCC(F)(F)C1. The number of hydrogen-bond acceptors (Lipinski definition) is 6. The second-order valence-corrected chi connectivity index (χ2v) is 8.98. The Labute approximate surface area is 196 Å². The van der Waals surface area contributed by atoms with E-state index in [4.69, 9.17) is 14.7 Å². The second kappa shape index (κ2) is 10.0. The lowest BCUT2D eigenvalue weighted by atomic mass is 10.0. The largest absolute Gasteiger partial charge is 0.444 e. The van der Waals surface area contributed by atoms with Gasteiger partial charge in [-0.25, -0.2) is 18.6 Å². The van der Waals surface area contributed by atoms with Crippen molar-refractivity contribution in [1.82, 2.24) is 15.2 Å². The summed E-state index contributed by atoms with van der Waals surface area (Å²) in [7, 11) is 0. The van der Waals surface area contributed by atoms with Crippen molar-refractivity contribution in [3.8, 4) is 17.7 Å². The molecule has 1 fully saturated rings. The van der Waals surface area contributed by atoms with E-state index in [9.17, 15) is 18.4 Å². The van der Waals surface area contributed by atoms with Gasteiger partial charge in [-0.15, -0.1) is 0 Å². The average molecular weight is 472 g/mol. The predicted molar refractivity (Wildman–Crippen MR) is 118 cm³/mol. The smallest absolute Gasteiger partial charge is 0.408 e. The number of aromatic nitrogens is 1. The molecule has 0 radical (unpaired) electrons. The van der Waals surface area contributed by atoms with Gasteiger partial charge in [0.1, 0.15) is 29.0 Å². The number of benzene rings is 1. The van der Waals surface area contributed by atoms with Crippen LogP contribution in [0.3, 0.4) is 0 Å². The van der Waals surface area contributed by atoms with E-state index in [1.807, 2.05) is 6.07 Å². The van der Waals surface area contributed by atoms with Crippen molar-refractivity contribution in [2.45, 2.75) is 51.2 Å². The van der Waals surface area contributed by atoms with Gasteiger partial charge in [-0.05, 0) is 50.6 Å². The lowest BCUT2D eigenvalue weighted by Crippen LogP contribution is -2.50. The maximum atomic E-state index is 13.7. The van der Waals surface area contributed by atoms with E-state index in [0.29, 0.717) is 11.3 Å². The summed E-state index contributed by atoms with van der Waals surface area (Å²) in [6, 6.07) is 10.7. The van der Waals surface area contributed by atoms with Crippen molar-refractivity contribution in [3.63, 3.8) is 0 Å². The summed E-state index contributed by atoms with van der Waals surface area (Å²) >= 11 is 0. The highest BCUT2D eigenvalue weighted by molar-refractivity contribution is 5.86. The minimum Gasteiger partial charge on any atom is -0.444 e. The Hall–Kier alpha value is -3.74. The number of alkyl halides is 2. The quantitative estimate of drug-likeness (QED) is 0.680. The number of pyridine rings is 1. The molecule has 0 saturated carbocycles. The van der Waals surface area contributed by atoms with Gasteiger partial charge in [0.2, 0.25) is 11.8 Å². The number of carbonyl (C=O) groups excluding carboxylic acids is 2. The fourth-order valence-corrected chi connectivity index (χ4v) is 3.39. The third-order valence-corrected chi connectivity index (χ3v) is 4.94. The molecule has 1 atom stereocenters. The first-order valence-corrected chi connectivity index (χ1v) is 10.7. The summed E-state index contributed by atoms with van der Waals surface area (Å²) in [4.78, 5) is 30.4. The van der Waals surface area contributed by atoms with Gasteiger partial charge in [-0.1, -0.05) is 12.1 Å². The lowest BCUT2D eigenvalue weighted by molar-refractivity contribution is -0.133. The molecule has 1 aromatic carbocycles. The molecule has 0 bridgehead atoms. The first-order chi connectivity index (χ1) is 16.0. The Balaban J connectivity index is 1.74. The van der Waals surface area contributed by atoms with E-state index >= 15 is 0 Å². The monoisotopic (exact) mass is 472 g/mol. The van der Waals surface area contributed by atoms with E-state index in [1.165, 1.54) is 6.20 Å². The lowest BCUT2D eigenvalue weighted by Gasteiger charge is -2.26. The molecule has 10 heteroatoms. The molecule has 0 unspecified atom stereocenters. The highest BCUT2D eigenvalue weighted by atomic mass is 19.3. The summed E-state index contributed by atoms with van der Waals surface area (Å²) in [6.07, 6.45) is 0.344. The predicted octanol–water partition coefficient (Wildman–Crippen LogP) is 4.05. The van der Waals surface area contributed by atoms with Crippen LogP contribution in [0.1, 0.15) is 38.3 Å². The molecule has 3 rings (SSSR count). The Kier molecular flexibility index (Phi) is 7.35. The van der Waals surface area contributed by atoms with E-state index < -0.39 is 42.5 Å². The van der Waals surface area contributed by atoms with Crippen LogP contribution in [0.15, 0.2) is 42.6 Å². The zero-order valence-electron chi connectivity index (χ0n) is 19.2. The number of hydrogen-bond donors (Lipinski definition) is 1. The highest BCUT2D eigenvalue weighted by Crippen LogP contribution is 2.28. The van der Waals surface area contributed by atoms with Gasteiger partial charge in [0.05, 0.1) is 6.54 Å². The molecule has 0 aliphatic carbocycles. The summed E-state index contributed by atoms with van der Waals surface area (Å²) in [5.41, 5.74) is 0.154. The van der Waals surface area contributed by atoms with Crippen molar-refractivity contribution in [1.29, 1.82) is 5.26 Å². The number of nitriles is 1. The Morgan fingerprint density at radius 2 is 1.97 bits per heavy atom. The van der Waals surface area contributed by atoms with Crippen molar-refractivity contribution in [2.24, 2.45) is 0 Å². The zero-order chi connectivity index (χ0) is 24.9. The fraction of sp³-hybridized carbons (Fsp3) is 0.417. The van der Waals surface area contributed by atoms with Gasteiger partial charge >= 0.3 is 6.09 Å². The molecule has 1 aliphatic heterocycles. The van der Waals surface area contributed by atoms with Crippen LogP contribution in [0.2, 0.25) is 0 Å². The minimum atomic E-state index is -2.95. The van der Waals surface area contributed by atoms with E-state index in [2.05, 4.69) is 10.3 Å². The fourth-order valence-electron chi connectivity index (χ4n) is 3.39. The maximum absolute atomic E-state index is 13.7. The molecule has 34 heavy (non-hydrogen) atoms. The number of likely N-dealkylation sites (tertiary alicyclic amines) is 1. The third kappa shape index (κ3) is 6.88. The van der Waals surface area contributed by atoms with Crippen LogP contribution in [0, 0.1) is 11.3 Å². The summed E-state index contributed by atoms with van der Waals surface area (Å²) in [5, 5.41) is 11.7. The van der Waals surface area contributed by atoms with Crippen molar-refractivity contribution < 1.29 is 27.8 Å². The van der Waals surface area contributed by atoms with E-state index in [-0.39, 0.29) is 24.4 Å². The average Bonchev–Trinajstić information content (AvgIpc) is 3.13. The summed E-state index contributed by atoms with van der Waals surface area (Å²) in [6.45, 7) is 4.28. The van der Waals surface area contributed by atoms with Crippen molar-refractivity contribution in [2.75, 3.05) is 13.1 Å². The zero-order valence-corrected chi connectivity index (χ0v) is 19.2. The normalized spacial score (nSPS) is 15.8. The first kappa shape index (κ1) is 24.9. The number of ether oxygens (including phenoxy) is 2. The molecular formula is C24H26F2N4O4. The molecule has 1 aromatic heterocycles. The van der Waals surface area contributed by atoms with Gasteiger partial charge in [-0.3, -0.25) is 4.79 Å². The first-order valence-electron chi connectivity index (χ1n) is 10.7. The molecule has 0 spiro atoms. The van der Waals surface area contributed by atoms with Gasteiger partial charge in [0, 0.05) is 25.6 Å². The van der Waals surface area contributed by atoms with E-state index in [0.717, 1.165) is 4.90 Å². The minimum absolute atomic E-state index is 0.0630. The summed E-state index contributed by atoms with van der Waals surface area (Å²) < 4.78 is 38.2. The summed E-state index contributed by atoms with van der Waals surface area (Å²) in [5.74, 6) is -2.97. The topological polar surface area (TPSA) is 105 Å². The number of alkyl carbamates (subject to hydrolysis) is 1. The number of nitrogens with zero attached hydrogens (tertiary/aromatic N) is 3. The Bertz CT molecular complexity index is 1080. The second-order valence-electron chi connectivity index (χ2n) is 8.98. The number of halogens is 2. The molecule has 8 nitrogen and oxygen atoms in total. The van der Waals surface area contributed by atoms with Crippen LogP contribution in [0.25, 0.3) is 0 Å². The molecule has 180 valence electrons. The highest BCUT2D eigenvalue weighted by Gasteiger charge is 2.42. The van der Waals surface area contributed by atoms with Crippen LogP contribution in [-0.2, 0) is 16.0 Å². The van der Waals surface area contributed by atoms with Crippen LogP contribution in [-0.4, -0.2) is 52.5 Å².